The van der Waals surface area contributed by atoms with Gasteiger partial charge in [0.1, 0.15) is 18.1 Å². The highest BCUT2D eigenvalue weighted by molar-refractivity contribution is 5.91. The highest BCUT2D eigenvalue weighted by atomic mass is 19.1. The van der Waals surface area contributed by atoms with Crippen molar-refractivity contribution in [3.05, 3.63) is 60.1 Å². The molecule has 3 aromatic heterocycles. The van der Waals surface area contributed by atoms with E-state index >= 15 is 0 Å². The largest absolute Gasteiger partial charge is 0.481 e. The average molecular weight is 399 g/mol. The van der Waals surface area contributed by atoms with Crippen LogP contribution in [0.5, 0.6) is 11.8 Å². The molecule has 3 rings (SSSR count). The number of rotatable bonds is 8. The molecule has 3 heterocycles. The minimum Gasteiger partial charge on any atom is -0.481 e. The van der Waals surface area contributed by atoms with Crippen molar-refractivity contribution in [2.45, 2.75) is 13.5 Å². The van der Waals surface area contributed by atoms with Gasteiger partial charge in [-0.15, -0.1) is 0 Å². The maximum atomic E-state index is 13.7. The van der Waals surface area contributed by atoms with Crippen LogP contribution in [0.2, 0.25) is 0 Å². The number of nitrogens with one attached hydrogen (secondary N) is 1. The van der Waals surface area contributed by atoms with Gasteiger partial charge >= 0.3 is 0 Å². The molecule has 0 spiro atoms. The van der Waals surface area contributed by atoms with Crippen LogP contribution in [0.15, 0.2) is 43.0 Å². The summed E-state index contributed by atoms with van der Waals surface area (Å²) in [6.07, 6.45) is 5.39. The summed E-state index contributed by atoms with van der Waals surface area (Å²) in [5.74, 6) is -0.477. The topological polar surface area (TPSA) is 108 Å². The summed E-state index contributed by atoms with van der Waals surface area (Å²) in [5.41, 5.74) is 3.55. The first kappa shape index (κ1) is 20.1. The van der Waals surface area contributed by atoms with Gasteiger partial charge in [-0.1, -0.05) is 0 Å². The molecule has 0 atom stereocenters. The number of hydrogen-bond donors (Lipinski definition) is 1. The molecule has 0 fully saturated rings. The molecule has 0 aliphatic carbocycles. The lowest BCUT2D eigenvalue weighted by molar-refractivity contribution is 0.0218. The van der Waals surface area contributed by atoms with E-state index in [0.29, 0.717) is 23.7 Å². The molecule has 10 heteroatoms. The second kappa shape index (κ2) is 9.51. The van der Waals surface area contributed by atoms with Crippen molar-refractivity contribution in [2.75, 3.05) is 13.7 Å². The Kier molecular flexibility index (Phi) is 6.59. The monoisotopic (exact) mass is 399 g/mol. The van der Waals surface area contributed by atoms with Gasteiger partial charge in [-0.25, -0.2) is 24.8 Å². The quantitative estimate of drug-likeness (QED) is 0.575. The maximum absolute atomic E-state index is 13.7. The second-order valence-corrected chi connectivity index (χ2v) is 5.65. The predicted molar refractivity (Wildman–Crippen MR) is 99.4 cm³/mol. The van der Waals surface area contributed by atoms with Crippen LogP contribution < -0.4 is 15.0 Å². The first-order valence-electron chi connectivity index (χ1n) is 8.62. The van der Waals surface area contributed by atoms with Crippen molar-refractivity contribution >= 4 is 5.91 Å². The summed E-state index contributed by atoms with van der Waals surface area (Å²) >= 11 is 0. The van der Waals surface area contributed by atoms with Gasteiger partial charge in [0.25, 0.3) is 5.91 Å². The van der Waals surface area contributed by atoms with Crippen LogP contribution in [0.3, 0.4) is 0 Å². The van der Waals surface area contributed by atoms with Gasteiger partial charge in [0.2, 0.25) is 11.8 Å². The van der Waals surface area contributed by atoms with Crippen molar-refractivity contribution in [2.24, 2.45) is 0 Å². The number of ether oxygens (including phenoxy) is 2. The second-order valence-electron chi connectivity index (χ2n) is 5.65. The molecule has 1 N–H and O–H groups in total. The molecule has 0 unspecified atom stereocenters. The van der Waals surface area contributed by atoms with Crippen LogP contribution in [0.25, 0.3) is 11.3 Å². The van der Waals surface area contributed by atoms with E-state index in [4.69, 9.17) is 14.3 Å². The van der Waals surface area contributed by atoms with Crippen molar-refractivity contribution in [3.8, 4) is 23.0 Å². The molecule has 0 saturated heterocycles. The molecule has 9 nitrogen and oxygen atoms in total. The molecule has 3 aromatic rings. The van der Waals surface area contributed by atoms with E-state index in [9.17, 15) is 9.18 Å². The van der Waals surface area contributed by atoms with Crippen molar-refractivity contribution in [3.63, 3.8) is 0 Å². The Labute approximate surface area is 165 Å². The van der Waals surface area contributed by atoms with Crippen LogP contribution in [0.1, 0.15) is 23.0 Å². The molecule has 0 bridgehead atoms. The third kappa shape index (κ3) is 5.20. The molecule has 29 heavy (non-hydrogen) atoms. The SMILES string of the molecule is CCOc1ccc(-c2cncc(C(=O)NOCc3cc(OC)ncc3F)n2)cn1. The van der Waals surface area contributed by atoms with Crippen LogP contribution in [-0.4, -0.2) is 39.6 Å². The lowest BCUT2D eigenvalue weighted by Crippen LogP contribution is -2.25. The Hall–Kier alpha value is -3.66. The van der Waals surface area contributed by atoms with E-state index in [1.165, 1.54) is 25.6 Å². The predicted octanol–water partition coefficient (Wildman–Crippen LogP) is 2.34. The van der Waals surface area contributed by atoms with Gasteiger partial charge in [-0.2, -0.15) is 0 Å². The summed E-state index contributed by atoms with van der Waals surface area (Å²) in [4.78, 5) is 33.5. The van der Waals surface area contributed by atoms with Gasteiger partial charge in [0.05, 0.1) is 38.0 Å². The van der Waals surface area contributed by atoms with Crippen molar-refractivity contribution in [1.82, 2.24) is 25.4 Å². The van der Waals surface area contributed by atoms with Crippen LogP contribution in [0.4, 0.5) is 4.39 Å². The number of methoxy groups -OCH3 is 1. The molecule has 0 aromatic carbocycles. The number of aromatic nitrogens is 4. The average Bonchev–Trinajstić information content (AvgIpc) is 2.76. The molecule has 150 valence electrons. The van der Waals surface area contributed by atoms with Crippen LogP contribution in [-0.2, 0) is 11.4 Å². The zero-order valence-corrected chi connectivity index (χ0v) is 15.8. The number of hydrogen-bond acceptors (Lipinski definition) is 8. The summed E-state index contributed by atoms with van der Waals surface area (Å²) in [6, 6.07) is 4.84. The van der Waals surface area contributed by atoms with E-state index in [1.807, 2.05) is 6.92 Å². The molecule has 0 aliphatic rings. The zero-order valence-electron chi connectivity index (χ0n) is 15.8. The number of carbonyl (C=O) groups is 1. The smallest absolute Gasteiger partial charge is 0.295 e. The first-order chi connectivity index (χ1) is 14.1. The molecular formula is C19H18FN5O4. The Morgan fingerprint density at radius 1 is 1.14 bits per heavy atom. The number of amides is 1. The number of hydroxylamine groups is 1. The van der Waals surface area contributed by atoms with E-state index in [1.54, 1.807) is 18.3 Å². The Balaban J connectivity index is 1.63. The highest BCUT2D eigenvalue weighted by Gasteiger charge is 2.12. The lowest BCUT2D eigenvalue weighted by Gasteiger charge is -2.08. The fraction of sp³-hybridized carbons (Fsp3) is 0.211. The van der Waals surface area contributed by atoms with Crippen LogP contribution >= 0.6 is 0 Å². The summed E-state index contributed by atoms with van der Waals surface area (Å²) < 4.78 is 23.9. The fourth-order valence-electron chi connectivity index (χ4n) is 2.29. The van der Waals surface area contributed by atoms with Gasteiger partial charge in [0.15, 0.2) is 0 Å². The van der Waals surface area contributed by atoms with Gasteiger partial charge in [0, 0.05) is 29.5 Å². The van der Waals surface area contributed by atoms with Crippen molar-refractivity contribution in [1.29, 1.82) is 0 Å². The summed E-state index contributed by atoms with van der Waals surface area (Å²) in [7, 11) is 1.41. The van der Waals surface area contributed by atoms with E-state index in [0.717, 1.165) is 6.20 Å². The highest BCUT2D eigenvalue weighted by Crippen LogP contribution is 2.18. The molecular weight excluding hydrogens is 381 g/mol. The number of nitrogens with zero attached hydrogens (tertiary/aromatic N) is 4. The minimum atomic E-state index is -0.625. The van der Waals surface area contributed by atoms with Crippen LogP contribution in [0, 0.1) is 5.82 Å². The Morgan fingerprint density at radius 3 is 2.69 bits per heavy atom. The number of carbonyl (C=O) groups excluding carboxylic acids is 1. The molecule has 0 saturated carbocycles. The number of halogens is 1. The van der Waals surface area contributed by atoms with Gasteiger partial charge in [-0.05, 0) is 13.0 Å². The maximum Gasteiger partial charge on any atom is 0.295 e. The molecule has 1 amide bonds. The number of pyridine rings is 2. The molecule has 0 aliphatic heterocycles. The Bertz CT molecular complexity index is 985. The van der Waals surface area contributed by atoms with E-state index < -0.39 is 11.7 Å². The first-order valence-corrected chi connectivity index (χ1v) is 8.62. The molecule has 0 radical (unpaired) electrons. The third-order valence-electron chi connectivity index (χ3n) is 3.70. The lowest BCUT2D eigenvalue weighted by atomic mass is 10.2. The standard InChI is InChI=1S/C19H18FN5O4/c1-3-28-17-5-4-12(7-22-17)15-9-21-10-16(24-15)19(26)25-29-11-13-6-18(27-2)23-8-14(13)20/h4-10H,3,11H2,1-2H3,(H,25,26). The fourth-order valence-corrected chi connectivity index (χ4v) is 2.29. The van der Waals surface area contributed by atoms with Gasteiger partial charge in [-0.3, -0.25) is 14.6 Å². The van der Waals surface area contributed by atoms with E-state index in [2.05, 4.69) is 25.4 Å². The normalized spacial score (nSPS) is 10.4. The van der Waals surface area contributed by atoms with Gasteiger partial charge < -0.3 is 9.47 Å². The van der Waals surface area contributed by atoms with Crippen molar-refractivity contribution < 1.29 is 23.5 Å². The minimum absolute atomic E-state index is 0.0316. The summed E-state index contributed by atoms with van der Waals surface area (Å²) in [6.45, 7) is 2.16. The van der Waals surface area contributed by atoms with E-state index in [-0.39, 0.29) is 23.7 Å². The summed E-state index contributed by atoms with van der Waals surface area (Å²) in [5, 5.41) is 0. The third-order valence-corrected chi connectivity index (χ3v) is 3.70. The Morgan fingerprint density at radius 2 is 1.97 bits per heavy atom. The zero-order chi connectivity index (χ0) is 20.6.